The lowest BCUT2D eigenvalue weighted by Crippen LogP contribution is -2.52. The first kappa shape index (κ1) is 18.9. The maximum atomic E-state index is 12.4. The van der Waals surface area contributed by atoms with Crippen LogP contribution in [0, 0.1) is 0 Å². The monoisotopic (exact) mass is 316 g/mol. The van der Waals surface area contributed by atoms with E-state index in [0.717, 1.165) is 0 Å². The zero-order chi connectivity index (χ0) is 15.9. The number of nitrogens with zero attached hydrogens (tertiary/aromatic N) is 1. The van der Waals surface area contributed by atoms with Crippen molar-refractivity contribution in [3.8, 4) is 0 Å². The molecule has 20 heavy (non-hydrogen) atoms. The molecule has 0 saturated carbocycles. The van der Waals surface area contributed by atoms with Crippen molar-refractivity contribution in [3.05, 3.63) is 0 Å². The van der Waals surface area contributed by atoms with Crippen LogP contribution in [-0.2, 0) is 4.79 Å². The summed E-state index contributed by atoms with van der Waals surface area (Å²) >= 11 is 1.39. The lowest BCUT2D eigenvalue weighted by Gasteiger charge is -2.29. The van der Waals surface area contributed by atoms with E-state index in [4.69, 9.17) is 5.11 Å². The van der Waals surface area contributed by atoms with E-state index in [-0.39, 0.29) is 6.42 Å². The Balaban J connectivity index is 4.76. The summed E-state index contributed by atoms with van der Waals surface area (Å²) in [5, 5.41) is 11.1. The quantitative estimate of drug-likeness (QED) is 0.755. The molecular formula is C11H19F3N2O3S. The normalized spacial score (nSPS) is 13.2. The van der Waals surface area contributed by atoms with Gasteiger partial charge in [0.15, 0.2) is 0 Å². The summed E-state index contributed by atoms with van der Waals surface area (Å²) in [5.74, 6) is -0.777. The molecule has 0 aromatic heterocycles. The minimum absolute atomic E-state index is 0.153. The molecule has 9 heteroatoms. The molecule has 0 aliphatic rings. The number of aliphatic carboxylic acids is 1. The molecule has 1 atom stereocenters. The largest absolute Gasteiger partial charge is 0.480 e. The van der Waals surface area contributed by atoms with E-state index >= 15 is 0 Å². The summed E-state index contributed by atoms with van der Waals surface area (Å²) in [6, 6.07) is -2.90. The maximum absolute atomic E-state index is 12.4. The van der Waals surface area contributed by atoms with Gasteiger partial charge in [-0.1, -0.05) is 0 Å². The zero-order valence-corrected chi connectivity index (χ0v) is 12.3. The lowest BCUT2D eigenvalue weighted by atomic mass is 10.2. The molecule has 0 saturated heterocycles. The van der Waals surface area contributed by atoms with Crippen LogP contribution in [0.3, 0.4) is 0 Å². The fraction of sp³-hybridized carbons (Fsp3) is 0.818. The molecule has 2 N–H and O–H groups in total. The maximum Gasteiger partial charge on any atom is 0.406 e. The van der Waals surface area contributed by atoms with Gasteiger partial charge in [-0.25, -0.2) is 9.59 Å². The molecule has 2 amide bonds. The van der Waals surface area contributed by atoms with Crippen LogP contribution >= 0.6 is 11.8 Å². The van der Waals surface area contributed by atoms with Gasteiger partial charge in [-0.05, 0) is 32.3 Å². The second kappa shape index (κ2) is 8.23. The van der Waals surface area contributed by atoms with Crippen molar-refractivity contribution in [1.82, 2.24) is 10.2 Å². The van der Waals surface area contributed by atoms with Crippen molar-refractivity contribution in [2.45, 2.75) is 38.5 Å². The highest BCUT2D eigenvalue weighted by molar-refractivity contribution is 7.98. The summed E-state index contributed by atoms with van der Waals surface area (Å²) in [7, 11) is 0. The molecule has 0 aliphatic heterocycles. The van der Waals surface area contributed by atoms with Crippen LogP contribution in [-0.4, -0.2) is 58.8 Å². The number of rotatable bonds is 7. The number of hydrogen-bond donors (Lipinski definition) is 2. The molecule has 118 valence electrons. The second-order valence-electron chi connectivity index (χ2n) is 4.46. The minimum Gasteiger partial charge on any atom is -0.480 e. The number of carbonyl (C=O) groups is 2. The van der Waals surface area contributed by atoms with Crippen LogP contribution in [0.5, 0.6) is 0 Å². The Bertz CT molecular complexity index is 337. The third kappa shape index (κ3) is 7.46. The number of carbonyl (C=O) groups excluding carboxylic acids is 1. The van der Waals surface area contributed by atoms with E-state index in [0.29, 0.717) is 10.7 Å². The molecule has 0 bridgehead atoms. The minimum atomic E-state index is -4.53. The van der Waals surface area contributed by atoms with E-state index in [1.807, 2.05) is 0 Å². The Morgan fingerprint density at radius 1 is 1.35 bits per heavy atom. The van der Waals surface area contributed by atoms with Gasteiger partial charge in [0.05, 0.1) is 0 Å². The van der Waals surface area contributed by atoms with Gasteiger partial charge >= 0.3 is 18.2 Å². The third-order valence-electron chi connectivity index (χ3n) is 2.44. The van der Waals surface area contributed by atoms with Crippen LogP contribution in [0.2, 0.25) is 0 Å². The van der Waals surface area contributed by atoms with Crippen molar-refractivity contribution in [3.63, 3.8) is 0 Å². The van der Waals surface area contributed by atoms with Crippen molar-refractivity contribution in [2.75, 3.05) is 18.6 Å². The smallest absolute Gasteiger partial charge is 0.406 e. The van der Waals surface area contributed by atoms with Crippen LogP contribution in [0.1, 0.15) is 20.3 Å². The first-order chi connectivity index (χ1) is 9.08. The number of hydrogen-bond acceptors (Lipinski definition) is 3. The van der Waals surface area contributed by atoms with Gasteiger partial charge in [-0.3, -0.25) is 0 Å². The van der Waals surface area contributed by atoms with Crippen LogP contribution in [0.25, 0.3) is 0 Å². The fourth-order valence-electron chi connectivity index (χ4n) is 1.41. The molecule has 0 aromatic rings. The van der Waals surface area contributed by atoms with E-state index in [2.05, 4.69) is 5.32 Å². The van der Waals surface area contributed by atoms with Crippen LogP contribution in [0.4, 0.5) is 18.0 Å². The second-order valence-corrected chi connectivity index (χ2v) is 5.44. The first-order valence-corrected chi connectivity index (χ1v) is 7.33. The molecule has 0 heterocycles. The van der Waals surface area contributed by atoms with Gasteiger partial charge in [0.1, 0.15) is 12.6 Å². The van der Waals surface area contributed by atoms with E-state index in [9.17, 15) is 22.8 Å². The molecule has 0 spiro atoms. The SMILES string of the molecule is CSCC[C@@H](NC(=O)N(CC(F)(F)F)C(C)C)C(=O)O. The third-order valence-corrected chi connectivity index (χ3v) is 3.08. The van der Waals surface area contributed by atoms with Gasteiger partial charge in [0, 0.05) is 6.04 Å². The number of amides is 2. The van der Waals surface area contributed by atoms with Gasteiger partial charge in [-0.15, -0.1) is 0 Å². The predicted octanol–water partition coefficient (Wildman–Crippen LogP) is 2.17. The van der Waals surface area contributed by atoms with Crippen LogP contribution < -0.4 is 5.32 Å². The van der Waals surface area contributed by atoms with Gasteiger partial charge in [-0.2, -0.15) is 24.9 Å². The van der Waals surface area contributed by atoms with Gasteiger partial charge in [0.25, 0.3) is 0 Å². The number of nitrogens with one attached hydrogen (secondary N) is 1. The Morgan fingerprint density at radius 2 is 1.90 bits per heavy atom. The van der Waals surface area contributed by atoms with Crippen molar-refractivity contribution < 1.29 is 27.9 Å². The highest BCUT2D eigenvalue weighted by Gasteiger charge is 2.35. The molecule has 0 unspecified atom stereocenters. The Hall–Kier alpha value is -1.12. The molecule has 0 rings (SSSR count). The molecule has 0 aliphatic carbocycles. The van der Waals surface area contributed by atoms with Gasteiger partial charge < -0.3 is 15.3 Å². The number of thioether (sulfide) groups is 1. The number of urea groups is 1. The highest BCUT2D eigenvalue weighted by Crippen LogP contribution is 2.18. The molecule has 5 nitrogen and oxygen atoms in total. The highest BCUT2D eigenvalue weighted by atomic mass is 32.2. The first-order valence-electron chi connectivity index (χ1n) is 5.94. The summed E-state index contributed by atoms with van der Waals surface area (Å²) < 4.78 is 37.2. The van der Waals surface area contributed by atoms with E-state index in [1.54, 1.807) is 6.26 Å². The number of carboxylic acid groups (broad SMARTS) is 1. The summed E-state index contributed by atoms with van der Waals surface area (Å²) in [6.07, 6.45) is -2.61. The van der Waals surface area contributed by atoms with Gasteiger partial charge in [0.2, 0.25) is 0 Å². The molecule has 0 fully saturated rings. The standard InChI is InChI=1S/C11H19F3N2O3S/c1-7(2)16(6-11(12,13)14)10(19)15-8(9(17)18)4-5-20-3/h7-8H,4-6H2,1-3H3,(H,15,19)(H,17,18)/t8-/m1/s1. The fourth-order valence-corrected chi connectivity index (χ4v) is 1.88. The number of halogens is 3. The van der Waals surface area contributed by atoms with Crippen molar-refractivity contribution in [2.24, 2.45) is 0 Å². The van der Waals surface area contributed by atoms with Crippen LogP contribution in [0.15, 0.2) is 0 Å². The summed E-state index contributed by atoms with van der Waals surface area (Å²) in [6.45, 7) is 1.46. The lowest BCUT2D eigenvalue weighted by molar-refractivity contribution is -0.143. The van der Waals surface area contributed by atoms with E-state index in [1.165, 1.54) is 25.6 Å². The zero-order valence-electron chi connectivity index (χ0n) is 11.5. The Labute approximate surface area is 119 Å². The molecule has 0 aromatic carbocycles. The Morgan fingerprint density at radius 3 is 2.25 bits per heavy atom. The number of carboxylic acids is 1. The average Bonchev–Trinajstić information content (AvgIpc) is 2.29. The summed E-state index contributed by atoms with van der Waals surface area (Å²) in [4.78, 5) is 23.3. The van der Waals surface area contributed by atoms with E-state index < -0.39 is 36.8 Å². The Kier molecular flexibility index (Phi) is 7.77. The predicted molar refractivity (Wildman–Crippen MR) is 70.9 cm³/mol. The average molecular weight is 316 g/mol. The number of alkyl halides is 3. The molecular weight excluding hydrogens is 297 g/mol. The molecule has 0 radical (unpaired) electrons. The topological polar surface area (TPSA) is 69.6 Å². The van der Waals surface area contributed by atoms with Crippen molar-refractivity contribution >= 4 is 23.8 Å². The summed E-state index contributed by atoms with van der Waals surface area (Å²) in [5.41, 5.74) is 0. The van der Waals surface area contributed by atoms with Crippen molar-refractivity contribution in [1.29, 1.82) is 0 Å².